The van der Waals surface area contributed by atoms with Crippen LogP contribution in [0.25, 0.3) is 11.5 Å². The molecule has 0 radical (unpaired) electrons. The van der Waals surface area contributed by atoms with E-state index in [0.29, 0.717) is 30.0 Å². The first-order valence-electron chi connectivity index (χ1n) is 8.06. The summed E-state index contributed by atoms with van der Waals surface area (Å²) in [4.78, 5) is 14.0. The summed E-state index contributed by atoms with van der Waals surface area (Å²) >= 11 is 5.25. The highest BCUT2D eigenvalue weighted by Crippen LogP contribution is 2.21. The predicted molar refractivity (Wildman–Crippen MR) is 94.0 cm³/mol. The third-order valence-corrected chi connectivity index (χ3v) is 4.39. The van der Waals surface area contributed by atoms with Gasteiger partial charge in [0.2, 0.25) is 11.8 Å². The summed E-state index contributed by atoms with van der Waals surface area (Å²) < 4.78 is 7.22. The molecule has 1 saturated carbocycles. The zero-order chi connectivity index (χ0) is 17.3. The normalized spacial score (nSPS) is 14.2. The molecule has 0 saturated heterocycles. The second kappa shape index (κ2) is 6.86. The number of hydrogen-bond donors (Lipinski definition) is 1. The van der Waals surface area contributed by atoms with E-state index >= 15 is 0 Å². The number of aryl methyl sites for hydroxylation is 2. The fraction of sp³-hybridized carbons (Fsp3) is 0.471. The van der Waals surface area contributed by atoms with Crippen LogP contribution in [0.3, 0.4) is 0 Å². The number of rotatable bonds is 6. The molecule has 24 heavy (non-hydrogen) atoms. The van der Waals surface area contributed by atoms with Gasteiger partial charge in [0.25, 0.3) is 4.84 Å². The lowest BCUT2D eigenvalue weighted by Crippen LogP contribution is -2.37. The van der Waals surface area contributed by atoms with E-state index < -0.39 is 0 Å². The van der Waals surface area contributed by atoms with Gasteiger partial charge in [0, 0.05) is 11.6 Å². The van der Waals surface area contributed by atoms with Crippen LogP contribution in [-0.4, -0.2) is 40.2 Å². The fourth-order valence-electron chi connectivity index (χ4n) is 2.41. The molecule has 0 spiro atoms. The second-order valence-corrected chi connectivity index (χ2v) is 6.82. The zero-order valence-corrected chi connectivity index (χ0v) is 15.0. The van der Waals surface area contributed by atoms with Crippen LogP contribution in [0.4, 0.5) is 0 Å². The summed E-state index contributed by atoms with van der Waals surface area (Å²) in [7, 11) is 1.86. The predicted octanol–water partition coefficient (Wildman–Crippen LogP) is 2.66. The molecule has 7 heteroatoms. The van der Waals surface area contributed by atoms with Gasteiger partial charge in [0.1, 0.15) is 0 Å². The molecule has 6 nitrogen and oxygen atoms in total. The van der Waals surface area contributed by atoms with Gasteiger partial charge in [0.15, 0.2) is 0 Å². The highest BCUT2D eigenvalue weighted by molar-refractivity contribution is 7.71. The average molecular weight is 346 g/mol. The van der Waals surface area contributed by atoms with E-state index in [1.54, 1.807) is 4.68 Å². The van der Waals surface area contributed by atoms with Gasteiger partial charge in [-0.05, 0) is 69.2 Å². The van der Waals surface area contributed by atoms with Gasteiger partial charge < -0.3 is 9.73 Å². The van der Waals surface area contributed by atoms with Crippen molar-refractivity contribution in [3.63, 3.8) is 0 Å². The van der Waals surface area contributed by atoms with Crippen LogP contribution < -0.4 is 5.32 Å². The average Bonchev–Trinajstić information content (AvgIpc) is 3.24. The molecule has 1 aliphatic rings. The second-order valence-electron chi connectivity index (χ2n) is 6.47. The van der Waals surface area contributed by atoms with Gasteiger partial charge >= 0.3 is 0 Å². The molecular weight excluding hydrogens is 324 g/mol. The van der Waals surface area contributed by atoms with Crippen LogP contribution in [0.15, 0.2) is 22.6 Å². The first-order valence-corrected chi connectivity index (χ1v) is 8.46. The number of amides is 1. The summed E-state index contributed by atoms with van der Waals surface area (Å²) in [5.74, 6) is 0.531. The number of hydrogen-bond acceptors (Lipinski definition) is 5. The van der Waals surface area contributed by atoms with Crippen molar-refractivity contribution in [2.24, 2.45) is 0 Å². The van der Waals surface area contributed by atoms with Gasteiger partial charge in [-0.3, -0.25) is 9.69 Å². The molecule has 1 aromatic carbocycles. The van der Waals surface area contributed by atoms with Crippen LogP contribution in [0.1, 0.15) is 24.0 Å². The minimum absolute atomic E-state index is 0.0318. The summed E-state index contributed by atoms with van der Waals surface area (Å²) in [5.41, 5.74) is 3.30. The van der Waals surface area contributed by atoms with Crippen molar-refractivity contribution in [3.8, 4) is 11.5 Å². The van der Waals surface area contributed by atoms with Gasteiger partial charge in [-0.25, -0.2) is 4.68 Å². The number of likely N-dealkylation sites (N-methyl/N-ethyl adjacent to an activating group) is 1. The maximum Gasteiger partial charge on any atom is 0.288 e. The zero-order valence-electron chi connectivity index (χ0n) is 14.2. The van der Waals surface area contributed by atoms with E-state index in [-0.39, 0.29) is 5.91 Å². The molecule has 3 rings (SSSR count). The first-order chi connectivity index (χ1) is 11.4. The lowest BCUT2D eigenvalue weighted by molar-refractivity contribution is -0.122. The molecule has 0 aliphatic heterocycles. The quantitative estimate of drug-likeness (QED) is 0.815. The molecule has 0 unspecified atom stereocenters. The van der Waals surface area contributed by atoms with Crippen LogP contribution in [0.2, 0.25) is 0 Å². The van der Waals surface area contributed by atoms with Crippen molar-refractivity contribution >= 4 is 18.1 Å². The van der Waals surface area contributed by atoms with Crippen LogP contribution in [0, 0.1) is 18.7 Å². The minimum atomic E-state index is 0.0318. The van der Waals surface area contributed by atoms with Crippen LogP contribution in [0.5, 0.6) is 0 Å². The number of nitrogens with one attached hydrogen (secondary N) is 1. The Balaban J connectivity index is 1.67. The van der Waals surface area contributed by atoms with E-state index in [4.69, 9.17) is 16.6 Å². The highest BCUT2D eigenvalue weighted by Gasteiger charge is 2.23. The third-order valence-electron chi connectivity index (χ3n) is 4.09. The number of carbonyl (C=O) groups is 1. The summed E-state index contributed by atoms with van der Waals surface area (Å²) in [6.45, 7) is 4.83. The molecular formula is C17H22N4O2S. The highest BCUT2D eigenvalue weighted by atomic mass is 32.1. The van der Waals surface area contributed by atoms with Gasteiger partial charge in [-0.2, -0.15) is 0 Å². The van der Waals surface area contributed by atoms with Crippen LogP contribution >= 0.6 is 12.2 Å². The van der Waals surface area contributed by atoms with Crippen molar-refractivity contribution in [3.05, 3.63) is 34.2 Å². The van der Waals surface area contributed by atoms with Crippen molar-refractivity contribution in [1.29, 1.82) is 0 Å². The van der Waals surface area contributed by atoms with E-state index in [1.165, 1.54) is 11.1 Å². The van der Waals surface area contributed by atoms with E-state index in [0.717, 1.165) is 18.4 Å². The lowest BCUT2D eigenvalue weighted by Gasteiger charge is -2.15. The third kappa shape index (κ3) is 4.10. The Labute approximate surface area is 146 Å². The number of nitrogens with zero attached hydrogens (tertiary/aromatic N) is 3. The van der Waals surface area contributed by atoms with Crippen molar-refractivity contribution in [2.45, 2.75) is 39.4 Å². The van der Waals surface area contributed by atoms with Gasteiger partial charge in [0.05, 0.1) is 13.2 Å². The molecule has 2 aromatic rings. The number of aromatic nitrogens is 2. The maximum atomic E-state index is 11.8. The summed E-state index contributed by atoms with van der Waals surface area (Å²) in [6.07, 6.45) is 2.17. The lowest BCUT2D eigenvalue weighted by atomic mass is 10.1. The van der Waals surface area contributed by atoms with Crippen molar-refractivity contribution in [1.82, 2.24) is 20.0 Å². The van der Waals surface area contributed by atoms with Crippen molar-refractivity contribution in [2.75, 3.05) is 13.6 Å². The van der Waals surface area contributed by atoms with E-state index in [2.05, 4.69) is 24.3 Å². The van der Waals surface area contributed by atoms with Gasteiger partial charge in [-0.1, -0.05) is 6.07 Å². The molecule has 1 amide bonds. The Morgan fingerprint density at radius 1 is 1.42 bits per heavy atom. The summed E-state index contributed by atoms with van der Waals surface area (Å²) in [5, 5.41) is 7.41. The standard InChI is InChI=1S/C17H22N4O2S/c1-11-4-5-13(8-12(11)2)16-19-21(17(24)23-16)10-20(3)9-15(22)18-14-6-7-14/h4-5,8,14H,6-7,9-10H2,1-3H3,(H,18,22). The molecule has 1 aliphatic carbocycles. The molecule has 1 fully saturated rings. The van der Waals surface area contributed by atoms with E-state index in [9.17, 15) is 4.79 Å². The Kier molecular flexibility index (Phi) is 4.82. The number of carbonyl (C=O) groups excluding carboxylic acids is 1. The molecule has 0 atom stereocenters. The smallest absolute Gasteiger partial charge is 0.288 e. The molecule has 128 valence electrons. The molecule has 1 heterocycles. The largest absolute Gasteiger partial charge is 0.409 e. The van der Waals surface area contributed by atoms with Gasteiger partial charge in [-0.15, -0.1) is 5.10 Å². The molecule has 1 N–H and O–H groups in total. The Bertz CT molecular complexity index is 807. The van der Waals surface area contributed by atoms with E-state index in [1.807, 2.05) is 30.1 Å². The Morgan fingerprint density at radius 3 is 2.83 bits per heavy atom. The molecule has 1 aromatic heterocycles. The van der Waals surface area contributed by atoms with Crippen molar-refractivity contribution < 1.29 is 9.21 Å². The minimum Gasteiger partial charge on any atom is -0.409 e. The fourth-order valence-corrected chi connectivity index (χ4v) is 2.59. The van der Waals surface area contributed by atoms with Crippen LogP contribution in [-0.2, 0) is 11.5 Å². The molecule has 0 bridgehead atoms. The summed E-state index contributed by atoms with van der Waals surface area (Å²) in [6, 6.07) is 6.42. The Morgan fingerprint density at radius 2 is 2.17 bits per heavy atom. The maximum absolute atomic E-state index is 11.8. The monoisotopic (exact) mass is 346 g/mol. The number of benzene rings is 1. The SMILES string of the molecule is Cc1ccc(-c2nn(CN(C)CC(=O)NC3CC3)c(=S)o2)cc1C. The topological polar surface area (TPSA) is 63.3 Å². The first kappa shape index (κ1) is 16.9. The Hall–Kier alpha value is -1.99.